The Labute approximate surface area is 102 Å². The van der Waals surface area contributed by atoms with Gasteiger partial charge in [-0.05, 0) is 18.9 Å². The van der Waals surface area contributed by atoms with E-state index in [0.717, 1.165) is 5.56 Å². The standard InChI is InChI=1S/C13H20N2O2/c1-13(14,11-7-4-3-5-8-11)12(17)15(2)9-6-10-16/h3-5,7-8,16H,6,9-10,14H2,1-2H3. The number of nitrogens with two attached hydrogens (primary N) is 1. The highest BCUT2D eigenvalue weighted by molar-refractivity contribution is 5.86. The highest BCUT2D eigenvalue weighted by Crippen LogP contribution is 2.19. The van der Waals surface area contributed by atoms with Crippen molar-refractivity contribution in [2.75, 3.05) is 20.2 Å². The smallest absolute Gasteiger partial charge is 0.246 e. The van der Waals surface area contributed by atoms with E-state index in [0.29, 0.717) is 13.0 Å². The molecule has 1 aromatic carbocycles. The fourth-order valence-corrected chi connectivity index (χ4v) is 1.71. The van der Waals surface area contributed by atoms with Crippen LogP contribution in [0.15, 0.2) is 30.3 Å². The van der Waals surface area contributed by atoms with E-state index in [2.05, 4.69) is 0 Å². The van der Waals surface area contributed by atoms with Gasteiger partial charge in [-0.2, -0.15) is 0 Å². The van der Waals surface area contributed by atoms with Crippen LogP contribution in [0.1, 0.15) is 18.9 Å². The van der Waals surface area contributed by atoms with Gasteiger partial charge in [0, 0.05) is 20.2 Å². The second-order valence-corrected chi connectivity index (χ2v) is 4.37. The Bertz CT molecular complexity index is 363. The van der Waals surface area contributed by atoms with Gasteiger partial charge in [-0.15, -0.1) is 0 Å². The number of hydrogen-bond donors (Lipinski definition) is 2. The number of carbonyl (C=O) groups excluding carboxylic acids is 1. The molecule has 0 saturated heterocycles. The third kappa shape index (κ3) is 3.28. The number of likely N-dealkylation sites (N-methyl/N-ethyl adjacent to an activating group) is 1. The fourth-order valence-electron chi connectivity index (χ4n) is 1.71. The molecule has 0 aliphatic rings. The number of hydrogen-bond acceptors (Lipinski definition) is 3. The van der Waals surface area contributed by atoms with Gasteiger partial charge in [0.1, 0.15) is 5.54 Å². The van der Waals surface area contributed by atoms with Crippen LogP contribution in [-0.2, 0) is 10.3 Å². The van der Waals surface area contributed by atoms with E-state index in [1.165, 1.54) is 0 Å². The molecule has 4 heteroatoms. The van der Waals surface area contributed by atoms with Gasteiger partial charge >= 0.3 is 0 Å². The highest BCUT2D eigenvalue weighted by Gasteiger charge is 2.32. The van der Waals surface area contributed by atoms with Crippen LogP contribution in [0.5, 0.6) is 0 Å². The van der Waals surface area contributed by atoms with E-state index in [9.17, 15) is 4.79 Å². The Morgan fingerprint density at radius 2 is 2.00 bits per heavy atom. The number of aliphatic hydroxyl groups is 1. The molecule has 0 heterocycles. The van der Waals surface area contributed by atoms with E-state index in [-0.39, 0.29) is 12.5 Å². The second kappa shape index (κ2) is 5.80. The van der Waals surface area contributed by atoms with Crippen molar-refractivity contribution < 1.29 is 9.90 Å². The molecule has 0 radical (unpaired) electrons. The van der Waals surface area contributed by atoms with Gasteiger partial charge < -0.3 is 15.7 Å². The van der Waals surface area contributed by atoms with Gasteiger partial charge in [0.15, 0.2) is 0 Å². The number of aliphatic hydroxyl groups excluding tert-OH is 1. The maximum atomic E-state index is 12.2. The Morgan fingerprint density at radius 3 is 2.53 bits per heavy atom. The van der Waals surface area contributed by atoms with Crippen LogP contribution >= 0.6 is 0 Å². The van der Waals surface area contributed by atoms with E-state index < -0.39 is 5.54 Å². The maximum Gasteiger partial charge on any atom is 0.246 e. The van der Waals surface area contributed by atoms with Gasteiger partial charge in [-0.25, -0.2) is 0 Å². The summed E-state index contributed by atoms with van der Waals surface area (Å²) in [5, 5.41) is 8.75. The zero-order valence-electron chi connectivity index (χ0n) is 10.4. The Kier molecular flexibility index (Phi) is 4.66. The lowest BCUT2D eigenvalue weighted by atomic mass is 9.92. The lowest BCUT2D eigenvalue weighted by molar-refractivity contribution is -0.135. The third-order valence-corrected chi connectivity index (χ3v) is 2.82. The number of amides is 1. The van der Waals surface area contributed by atoms with Crippen molar-refractivity contribution in [1.29, 1.82) is 0 Å². The van der Waals surface area contributed by atoms with Gasteiger partial charge in [0.2, 0.25) is 5.91 Å². The first kappa shape index (κ1) is 13.7. The maximum absolute atomic E-state index is 12.2. The molecule has 1 amide bonds. The van der Waals surface area contributed by atoms with Crippen LogP contribution in [-0.4, -0.2) is 36.1 Å². The molecule has 1 rings (SSSR count). The Morgan fingerprint density at radius 1 is 1.41 bits per heavy atom. The molecular weight excluding hydrogens is 216 g/mol. The Hall–Kier alpha value is -1.39. The Balaban J connectivity index is 2.80. The molecule has 0 aliphatic heterocycles. The summed E-state index contributed by atoms with van der Waals surface area (Å²) in [5.41, 5.74) is 5.87. The minimum Gasteiger partial charge on any atom is -0.396 e. The SMILES string of the molecule is CN(CCCO)C(=O)C(C)(N)c1ccccc1. The summed E-state index contributed by atoms with van der Waals surface area (Å²) in [6, 6.07) is 9.30. The van der Waals surface area contributed by atoms with Crippen molar-refractivity contribution in [3.63, 3.8) is 0 Å². The molecule has 3 N–H and O–H groups in total. The van der Waals surface area contributed by atoms with Crippen molar-refractivity contribution in [3.05, 3.63) is 35.9 Å². The van der Waals surface area contributed by atoms with Crippen LogP contribution in [0.2, 0.25) is 0 Å². The summed E-state index contributed by atoms with van der Waals surface area (Å²) in [4.78, 5) is 13.7. The molecule has 0 aromatic heterocycles. The number of rotatable bonds is 5. The molecule has 1 atom stereocenters. The van der Waals surface area contributed by atoms with Crippen LogP contribution in [0.3, 0.4) is 0 Å². The van der Waals surface area contributed by atoms with E-state index in [4.69, 9.17) is 10.8 Å². The van der Waals surface area contributed by atoms with Gasteiger partial charge in [-0.1, -0.05) is 30.3 Å². The monoisotopic (exact) mass is 236 g/mol. The fraction of sp³-hybridized carbons (Fsp3) is 0.462. The number of benzene rings is 1. The van der Waals surface area contributed by atoms with Gasteiger partial charge in [0.25, 0.3) is 0 Å². The zero-order valence-corrected chi connectivity index (χ0v) is 10.4. The molecule has 17 heavy (non-hydrogen) atoms. The van der Waals surface area contributed by atoms with Crippen molar-refractivity contribution in [3.8, 4) is 0 Å². The van der Waals surface area contributed by atoms with Crippen LogP contribution in [0.4, 0.5) is 0 Å². The molecule has 0 spiro atoms. The summed E-state index contributed by atoms with van der Waals surface area (Å²) in [7, 11) is 1.70. The van der Waals surface area contributed by atoms with Crippen molar-refractivity contribution in [2.24, 2.45) is 5.73 Å². The van der Waals surface area contributed by atoms with Crippen molar-refractivity contribution >= 4 is 5.91 Å². The summed E-state index contributed by atoms with van der Waals surface area (Å²) in [5.74, 6) is -0.142. The van der Waals surface area contributed by atoms with Crippen molar-refractivity contribution in [2.45, 2.75) is 18.9 Å². The van der Waals surface area contributed by atoms with Crippen molar-refractivity contribution in [1.82, 2.24) is 4.90 Å². The minimum absolute atomic E-state index is 0.0737. The van der Waals surface area contributed by atoms with Gasteiger partial charge in [0.05, 0.1) is 0 Å². The third-order valence-electron chi connectivity index (χ3n) is 2.82. The minimum atomic E-state index is -1.02. The molecule has 4 nitrogen and oxygen atoms in total. The lowest BCUT2D eigenvalue weighted by Gasteiger charge is -2.29. The van der Waals surface area contributed by atoms with Gasteiger partial charge in [-0.3, -0.25) is 4.79 Å². The molecule has 0 fully saturated rings. The average Bonchev–Trinajstić information content (AvgIpc) is 2.36. The number of carbonyl (C=O) groups is 1. The van der Waals surface area contributed by atoms with E-state index in [1.54, 1.807) is 18.9 Å². The zero-order chi connectivity index (χ0) is 12.9. The predicted molar refractivity (Wildman–Crippen MR) is 67.3 cm³/mol. The predicted octanol–water partition coefficient (Wildman–Crippen LogP) is 0.701. The first-order valence-electron chi connectivity index (χ1n) is 5.71. The highest BCUT2D eigenvalue weighted by atomic mass is 16.3. The van der Waals surface area contributed by atoms with Crippen LogP contribution < -0.4 is 5.73 Å². The normalized spacial score (nSPS) is 14.1. The number of nitrogens with zero attached hydrogens (tertiary/aromatic N) is 1. The summed E-state index contributed by atoms with van der Waals surface area (Å²) >= 11 is 0. The first-order valence-corrected chi connectivity index (χ1v) is 5.71. The van der Waals surface area contributed by atoms with E-state index >= 15 is 0 Å². The summed E-state index contributed by atoms with van der Waals surface area (Å²) in [6.07, 6.45) is 0.563. The topological polar surface area (TPSA) is 66.6 Å². The summed E-state index contributed by atoms with van der Waals surface area (Å²) in [6.45, 7) is 2.29. The molecule has 1 unspecified atom stereocenters. The molecule has 1 aromatic rings. The first-order chi connectivity index (χ1) is 8.00. The molecular formula is C13H20N2O2. The van der Waals surface area contributed by atoms with Crippen LogP contribution in [0, 0.1) is 0 Å². The average molecular weight is 236 g/mol. The largest absolute Gasteiger partial charge is 0.396 e. The molecule has 94 valence electrons. The quantitative estimate of drug-likeness (QED) is 0.791. The van der Waals surface area contributed by atoms with Crippen LogP contribution in [0.25, 0.3) is 0 Å². The molecule has 0 aliphatic carbocycles. The summed E-state index contributed by atoms with van der Waals surface area (Å²) < 4.78 is 0. The molecule has 0 bridgehead atoms. The molecule has 0 saturated carbocycles. The lowest BCUT2D eigenvalue weighted by Crippen LogP contribution is -2.49. The second-order valence-electron chi connectivity index (χ2n) is 4.37. The van der Waals surface area contributed by atoms with E-state index in [1.807, 2.05) is 30.3 Å².